The second kappa shape index (κ2) is 9.55. The van der Waals surface area contributed by atoms with Gasteiger partial charge >= 0.3 is 6.09 Å². The van der Waals surface area contributed by atoms with Crippen molar-refractivity contribution in [2.45, 2.75) is 31.3 Å². The van der Waals surface area contributed by atoms with Gasteiger partial charge in [-0.15, -0.1) is 0 Å². The fraction of sp³-hybridized carbons (Fsp3) is 0.364. The van der Waals surface area contributed by atoms with Gasteiger partial charge < -0.3 is 15.4 Å². The predicted octanol–water partition coefficient (Wildman–Crippen LogP) is 4.93. The fourth-order valence-electron chi connectivity index (χ4n) is 3.48. The van der Waals surface area contributed by atoms with E-state index < -0.39 is 27.5 Å². The number of thiophene rings is 1. The van der Waals surface area contributed by atoms with E-state index in [2.05, 4.69) is 15.6 Å². The molecule has 0 unspecified atom stereocenters. The Morgan fingerprint density at radius 1 is 1.32 bits per heavy atom. The van der Waals surface area contributed by atoms with Crippen LogP contribution in [0.2, 0.25) is 0 Å². The summed E-state index contributed by atoms with van der Waals surface area (Å²) in [4.78, 5) is 16.8. The summed E-state index contributed by atoms with van der Waals surface area (Å²) in [7, 11) is -3.88. The number of alkyl carbamates (subject to hydrolysis) is 1. The number of aromatic nitrogens is 1. The first kappa shape index (κ1) is 25.1. The first-order valence-electron chi connectivity index (χ1n) is 10.5. The van der Waals surface area contributed by atoms with Crippen molar-refractivity contribution in [2.75, 3.05) is 25.0 Å². The minimum Gasteiger partial charge on any atom is -0.444 e. The monoisotopic (exact) mass is 618 g/mol. The molecule has 3 heterocycles. The maximum Gasteiger partial charge on any atom is 0.407 e. The van der Waals surface area contributed by atoms with Crippen LogP contribution in [-0.2, 0) is 14.8 Å². The van der Waals surface area contributed by atoms with Gasteiger partial charge in [0, 0.05) is 40.7 Å². The van der Waals surface area contributed by atoms with E-state index in [0.717, 1.165) is 14.9 Å². The second-order valence-corrected chi connectivity index (χ2v) is 13.1. The van der Waals surface area contributed by atoms with Crippen molar-refractivity contribution in [1.82, 2.24) is 14.6 Å². The lowest BCUT2D eigenvalue weighted by atomic mass is 10.0. The van der Waals surface area contributed by atoms with Crippen LogP contribution in [0.3, 0.4) is 0 Å². The second-order valence-electron chi connectivity index (χ2n) is 8.94. The number of nitrogens with one attached hydrogen (secondary N) is 2. The van der Waals surface area contributed by atoms with Gasteiger partial charge in [-0.1, -0.05) is 11.3 Å². The number of nitrogens with zero attached hydrogens (tertiary/aromatic N) is 2. The number of halogens is 2. The van der Waals surface area contributed by atoms with Crippen molar-refractivity contribution < 1.29 is 22.3 Å². The number of ether oxygens (including phenoxy) is 1. The molecule has 0 saturated carbocycles. The number of anilines is 2. The van der Waals surface area contributed by atoms with Crippen LogP contribution < -0.4 is 10.6 Å². The lowest BCUT2D eigenvalue weighted by Crippen LogP contribution is -2.53. The van der Waals surface area contributed by atoms with Gasteiger partial charge in [0.2, 0.25) is 10.0 Å². The molecule has 0 atom stereocenters. The van der Waals surface area contributed by atoms with E-state index in [4.69, 9.17) is 4.74 Å². The molecule has 1 amide bonds. The van der Waals surface area contributed by atoms with Crippen LogP contribution >= 0.6 is 33.9 Å². The molecule has 4 rings (SSSR count). The van der Waals surface area contributed by atoms with Gasteiger partial charge in [-0.05, 0) is 73.7 Å². The molecule has 3 aromatic rings. The summed E-state index contributed by atoms with van der Waals surface area (Å²) in [5, 5.41) is 6.44. The Bertz CT molecular complexity index is 1330. The molecule has 0 bridgehead atoms. The summed E-state index contributed by atoms with van der Waals surface area (Å²) in [6, 6.07) is 8.06. The molecule has 8 nitrogen and oxygen atoms in total. The lowest BCUT2D eigenvalue weighted by Gasteiger charge is -2.38. The van der Waals surface area contributed by atoms with Gasteiger partial charge in [0.1, 0.15) is 26.1 Å². The molecule has 0 aliphatic carbocycles. The van der Waals surface area contributed by atoms with E-state index in [1.807, 2.05) is 22.6 Å². The number of benzene rings is 1. The summed E-state index contributed by atoms with van der Waals surface area (Å²) in [5.41, 5.74) is -0.418. The van der Waals surface area contributed by atoms with Gasteiger partial charge in [-0.3, -0.25) is 0 Å². The van der Waals surface area contributed by atoms with Crippen LogP contribution in [0.15, 0.2) is 41.4 Å². The van der Waals surface area contributed by atoms with Crippen molar-refractivity contribution in [3.63, 3.8) is 0 Å². The van der Waals surface area contributed by atoms with E-state index in [-0.39, 0.29) is 29.6 Å². The van der Waals surface area contributed by atoms with Gasteiger partial charge in [0.05, 0.1) is 5.69 Å². The standard InChI is InChI=1S/C22H24FIN4O4S2/c1-22(2,3)32-21(29)26-10-13-11-28(12-13)34(30,31)18-15-5-4-8-25-19(15)33-20(18)27-17-7-6-14(24)9-16(17)23/h4-9,13,27H,10-12H2,1-3H3,(H,26,29). The highest BCUT2D eigenvalue weighted by molar-refractivity contribution is 14.1. The largest absolute Gasteiger partial charge is 0.444 e. The van der Waals surface area contributed by atoms with Gasteiger partial charge in [-0.2, -0.15) is 4.31 Å². The molecule has 1 aromatic carbocycles. The number of fused-ring (bicyclic) bond motifs is 1. The zero-order valence-corrected chi connectivity index (χ0v) is 22.6. The Morgan fingerprint density at radius 2 is 2.06 bits per heavy atom. The Balaban J connectivity index is 1.53. The fourth-order valence-corrected chi connectivity index (χ4v) is 7.19. The molecule has 2 aromatic heterocycles. The molecule has 0 spiro atoms. The third kappa shape index (κ3) is 5.44. The summed E-state index contributed by atoms with van der Waals surface area (Å²) < 4.78 is 48.9. The molecular formula is C22H24FIN4O4S2. The summed E-state index contributed by atoms with van der Waals surface area (Å²) in [6.07, 6.45) is 1.06. The van der Waals surface area contributed by atoms with E-state index in [1.54, 1.807) is 51.2 Å². The van der Waals surface area contributed by atoms with Crippen molar-refractivity contribution in [2.24, 2.45) is 5.92 Å². The van der Waals surface area contributed by atoms with Crippen molar-refractivity contribution >= 4 is 70.9 Å². The van der Waals surface area contributed by atoms with Gasteiger partial charge in [-0.25, -0.2) is 22.6 Å². The summed E-state index contributed by atoms with van der Waals surface area (Å²) >= 11 is 3.17. The van der Waals surface area contributed by atoms with E-state index >= 15 is 0 Å². The summed E-state index contributed by atoms with van der Waals surface area (Å²) in [5.74, 6) is -0.506. The van der Waals surface area contributed by atoms with Crippen LogP contribution in [0.4, 0.5) is 19.9 Å². The molecule has 1 fully saturated rings. The predicted molar refractivity (Wildman–Crippen MR) is 139 cm³/mol. The molecule has 1 aliphatic heterocycles. The third-order valence-electron chi connectivity index (χ3n) is 5.06. The average Bonchev–Trinajstić information content (AvgIpc) is 3.06. The third-order valence-corrected chi connectivity index (χ3v) is 8.80. The first-order chi connectivity index (χ1) is 15.9. The highest BCUT2D eigenvalue weighted by Crippen LogP contribution is 2.42. The topological polar surface area (TPSA) is 101 Å². The normalized spacial score (nSPS) is 15.2. The van der Waals surface area contributed by atoms with E-state index in [9.17, 15) is 17.6 Å². The number of pyridine rings is 1. The van der Waals surface area contributed by atoms with Crippen molar-refractivity contribution in [1.29, 1.82) is 0 Å². The van der Waals surface area contributed by atoms with Gasteiger partial charge in [0.15, 0.2) is 0 Å². The highest BCUT2D eigenvalue weighted by Gasteiger charge is 2.40. The Kier molecular flexibility index (Phi) is 7.04. The van der Waals surface area contributed by atoms with E-state index in [0.29, 0.717) is 21.8 Å². The Hall–Kier alpha value is -2.03. The number of carbonyl (C=O) groups excluding carboxylic acids is 1. The number of hydrogen-bond acceptors (Lipinski definition) is 7. The van der Waals surface area contributed by atoms with Gasteiger partial charge in [0.25, 0.3) is 0 Å². The summed E-state index contributed by atoms with van der Waals surface area (Å²) in [6.45, 7) is 6.15. The Morgan fingerprint density at radius 3 is 2.74 bits per heavy atom. The molecule has 1 aliphatic rings. The molecule has 182 valence electrons. The number of amides is 1. The zero-order valence-electron chi connectivity index (χ0n) is 18.8. The molecule has 34 heavy (non-hydrogen) atoms. The minimum absolute atomic E-state index is 0.0321. The number of rotatable bonds is 6. The maximum atomic E-state index is 14.5. The average molecular weight is 618 g/mol. The minimum atomic E-state index is -3.88. The smallest absolute Gasteiger partial charge is 0.407 e. The molecule has 1 saturated heterocycles. The molecule has 2 N–H and O–H groups in total. The van der Waals surface area contributed by atoms with Crippen LogP contribution in [-0.4, -0.2) is 49.0 Å². The van der Waals surface area contributed by atoms with Crippen LogP contribution in [0.1, 0.15) is 20.8 Å². The maximum absolute atomic E-state index is 14.5. The van der Waals surface area contributed by atoms with Crippen LogP contribution in [0, 0.1) is 15.3 Å². The highest BCUT2D eigenvalue weighted by atomic mass is 127. The SMILES string of the molecule is CC(C)(C)OC(=O)NCC1CN(S(=O)(=O)c2c(Nc3ccc(I)cc3F)sc3ncccc23)C1. The number of sulfonamides is 1. The van der Waals surface area contributed by atoms with Crippen LogP contribution in [0.5, 0.6) is 0 Å². The number of carbonyl (C=O) groups is 1. The first-order valence-corrected chi connectivity index (χ1v) is 13.8. The molecule has 0 radical (unpaired) electrons. The van der Waals surface area contributed by atoms with E-state index in [1.165, 1.54) is 10.4 Å². The van der Waals surface area contributed by atoms with Crippen molar-refractivity contribution in [3.8, 4) is 0 Å². The lowest BCUT2D eigenvalue weighted by molar-refractivity contribution is 0.0503. The molecule has 12 heteroatoms. The van der Waals surface area contributed by atoms with Crippen LogP contribution in [0.25, 0.3) is 10.2 Å². The van der Waals surface area contributed by atoms with Crippen molar-refractivity contribution in [3.05, 3.63) is 45.9 Å². The number of hydrogen-bond donors (Lipinski definition) is 2. The molecular weight excluding hydrogens is 594 g/mol. The Labute approximate surface area is 215 Å². The quantitative estimate of drug-likeness (QED) is 0.381. The zero-order chi connectivity index (χ0) is 24.7.